The second-order valence-electron chi connectivity index (χ2n) is 5.88. The van der Waals surface area contributed by atoms with E-state index < -0.39 is 17.7 Å². The molecular weight excluding hydrogens is 357 g/mol. The van der Waals surface area contributed by atoms with Crippen molar-refractivity contribution in [1.82, 2.24) is 0 Å². The van der Waals surface area contributed by atoms with Crippen molar-refractivity contribution in [3.05, 3.63) is 58.6 Å². The van der Waals surface area contributed by atoms with E-state index in [0.29, 0.717) is 18.6 Å². The van der Waals surface area contributed by atoms with Gasteiger partial charge in [-0.2, -0.15) is 13.2 Å². The number of carbonyl (C=O) groups is 1. The van der Waals surface area contributed by atoms with Crippen molar-refractivity contribution in [2.75, 3.05) is 0 Å². The number of benzene rings is 1. The summed E-state index contributed by atoms with van der Waals surface area (Å²) < 4.78 is 43.5. The fourth-order valence-electron chi connectivity index (χ4n) is 2.56. The maximum Gasteiger partial charge on any atom is 0.416 e. The van der Waals surface area contributed by atoms with Crippen molar-refractivity contribution in [2.24, 2.45) is 11.8 Å². The molecule has 1 saturated carbocycles. The molecule has 0 spiro atoms. The van der Waals surface area contributed by atoms with Gasteiger partial charge in [0.15, 0.2) is 0 Å². The summed E-state index contributed by atoms with van der Waals surface area (Å²) in [6.07, 6.45) is -3.32. The number of halogens is 4. The van der Waals surface area contributed by atoms with Gasteiger partial charge in [0.1, 0.15) is 11.5 Å². The SMILES string of the molecule is O=C(O)C1C[C@H]1Cc1c#ccc(Oc2ccc(C(F)(F)F)cc2Cl)c1. The molecule has 0 bridgehead atoms. The summed E-state index contributed by atoms with van der Waals surface area (Å²) >= 11 is 5.87. The summed E-state index contributed by atoms with van der Waals surface area (Å²) in [4.78, 5) is 10.9. The summed E-state index contributed by atoms with van der Waals surface area (Å²) in [5.74, 6) is -0.634. The van der Waals surface area contributed by atoms with Crippen LogP contribution in [0.2, 0.25) is 5.02 Å². The number of ether oxygens (including phenoxy) is 1. The first-order chi connectivity index (χ1) is 11.7. The van der Waals surface area contributed by atoms with E-state index in [4.69, 9.17) is 21.4 Å². The van der Waals surface area contributed by atoms with E-state index in [-0.39, 0.29) is 22.6 Å². The summed E-state index contributed by atoms with van der Waals surface area (Å²) in [5, 5.41) is 8.77. The maximum atomic E-state index is 12.6. The Morgan fingerprint density at radius 2 is 2.12 bits per heavy atom. The van der Waals surface area contributed by atoms with Crippen LogP contribution >= 0.6 is 11.6 Å². The van der Waals surface area contributed by atoms with Crippen LogP contribution in [0.1, 0.15) is 17.5 Å². The van der Waals surface area contributed by atoms with Crippen LogP contribution < -0.4 is 4.74 Å². The molecule has 7 heteroatoms. The van der Waals surface area contributed by atoms with Gasteiger partial charge in [-0.25, -0.2) is 0 Å². The predicted molar refractivity (Wildman–Crippen MR) is 83.6 cm³/mol. The molecule has 2 aromatic rings. The molecule has 1 fully saturated rings. The molecular formula is C18H12ClF3O3. The van der Waals surface area contributed by atoms with Gasteiger partial charge in [0.2, 0.25) is 0 Å². The van der Waals surface area contributed by atoms with Gasteiger partial charge < -0.3 is 9.84 Å². The van der Waals surface area contributed by atoms with Gasteiger partial charge in [-0.3, -0.25) is 4.79 Å². The molecule has 3 rings (SSSR count). The van der Waals surface area contributed by atoms with Crippen molar-refractivity contribution >= 4 is 17.6 Å². The van der Waals surface area contributed by atoms with Crippen molar-refractivity contribution in [3.8, 4) is 11.5 Å². The third-order valence-corrected chi connectivity index (χ3v) is 4.27. The second-order valence-corrected chi connectivity index (χ2v) is 6.28. The number of hydrogen-bond donors (Lipinski definition) is 1. The zero-order valence-electron chi connectivity index (χ0n) is 12.7. The molecule has 0 aromatic heterocycles. The zero-order valence-corrected chi connectivity index (χ0v) is 13.5. The van der Waals surface area contributed by atoms with Crippen molar-refractivity contribution in [1.29, 1.82) is 0 Å². The Labute approximate surface area is 147 Å². The molecule has 1 N–H and O–H groups in total. The highest BCUT2D eigenvalue weighted by Gasteiger charge is 2.42. The number of rotatable bonds is 5. The van der Waals surface area contributed by atoms with Gasteiger partial charge in [-0.1, -0.05) is 23.7 Å². The van der Waals surface area contributed by atoms with Crippen LogP contribution in [0.3, 0.4) is 0 Å². The molecule has 0 amide bonds. The van der Waals surface area contributed by atoms with E-state index in [1.54, 1.807) is 6.07 Å². The Balaban J connectivity index is 1.71. The van der Waals surface area contributed by atoms with Crippen LogP contribution in [0.5, 0.6) is 11.5 Å². The molecule has 0 heterocycles. The topological polar surface area (TPSA) is 46.5 Å². The minimum Gasteiger partial charge on any atom is -0.481 e. The van der Waals surface area contributed by atoms with E-state index in [1.807, 2.05) is 0 Å². The second kappa shape index (κ2) is 6.49. The first-order valence-electron chi connectivity index (χ1n) is 7.43. The van der Waals surface area contributed by atoms with Gasteiger partial charge in [-0.05, 0) is 43.0 Å². The van der Waals surface area contributed by atoms with E-state index in [1.165, 1.54) is 6.07 Å². The average Bonchev–Trinajstić information content (AvgIpc) is 3.28. The Bertz CT molecular complexity index is 804. The zero-order chi connectivity index (χ0) is 18.2. The minimum absolute atomic E-state index is 0.0621. The lowest BCUT2D eigenvalue weighted by Crippen LogP contribution is -2.04. The fraction of sp³-hybridized carbons (Fsp3) is 0.278. The molecule has 130 valence electrons. The molecule has 1 aliphatic carbocycles. The van der Waals surface area contributed by atoms with Crippen LogP contribution in [-0.4, -0.2) is 11.1 Å². The van der Waals surface area contributed by atoms with Crippen molar-refractivity contribution in [2.45, 2.75) is 19.0 Å². The number of carboxylic acid groups (broad SMARTS) is 1. The van der Waals surface area contributed by atoms with E-state index >= 15 is 0 Å². The molecule has 2 aromatic carbocycles. The molecule has 0 saturated heterocycles. The monoisotopic (exact) mass is 368 g/mol. The Morgan fingerprint density at radius 1 is 1.36 bits per heavy atom. The summed E-state index contributed by atoms with van der Waals surface area (Å²) in [6, 6.07) is 11.6. The van der Waals surface area contributed by atoms with Gasteiger partial charge in [0.05, 0.1) is 16.5 Å². The van der Waals surface area contributed by atoms with Crippen LogP contribution in [-0.2, 0) is 17.4 Å². The van der Waals surface area contributed by atoms with E-state index in [9.17, 15) is 18.0 Å². The standard InChI is InChI=1S/C18H12ClF3O3/c19-15-9-12(18(20,21)22)4-5-16(15)25-13-3-1-2-10(7-13)6-11-8-14(11)17(23)24/h3-5,7,9,11,14H,6,8H2,(H,23,24)/t11-,14?/m1/s1. The first-order valence-corrected chi connectivity index (χ1v) is 7.81. The number of alkyl halides is 3. The quantitative estimate of drug-likeness (QED) is 0.806. The lowest BCUT2D eigenvalue weighted by atomic mass is 10.1. The van der Waals surface area contributed by atoms with Crippen molar-refractivity contribution < 1.29 is 27.8 Å². The molecule has 0 aliphatic heterocycles. The largest absolute Gasteiger partial charge is 0.481 e. The van der Waals surface area contributed by atoms with Crippen LogP contribution in [0.15, 0.2) is 30.3 Å². The molecule has 3 nitrogen and oxygen atoms in total. The molecule has 0 radical (unpaired) electrons. The lowest BCUT2D eigenvalue weighted by Gasteiger charge is -2.11. The maximum absolute atomic E-state index is 12.6. The van der Waals surface area contributed by atoms with E-state index in [2.05, 4.69) is 12.1 Å². The van der Waals surface area contributed by atoms with Crippen LogP contribution in [0, 0.1) is 24.0 Å². The third kappa shape index (κ3) is 4.18. The van der Waals surface area contributed by atoms with Crippen LogP contribution in [0.4, 0.5) is 13.2 Å². The normalized spacial score (nSPS) is 19.2. The number of carboxylic acids is 1. The average molecular weight is 369 g/mol. The summed E-state index contributed by atoms with van der Waals surface area (Å²) in [5.41, 5.74) is -0.124. The third-order valence-electron chi connectivity index (χ3n) is 3.97. The van der Waals surface area contributed by atoms with Gasteiger partial charge in [0, 0.05) is 11.6 Å². The Morgan fingerprint density at radius 3 is 2.72 bits per heavy atom. The van der Waals surface area contributed by atoms with Gasteiger partial charge >= 0.3 is 12.1 Å². The highest BCUT2D eigenvalue weighted by molar-refractivity contribution is 6.32. The summed E-state index contributed by atoms with van der Waals surface area (Å²) in [6.45, 7) is 0. The van der Waals surface area contributed by atoms with Crippen molar-refractivity contribution in [3.63, 3.8) is 0 Å². The molecule has 1 unspecified atom stereocenters. The molecule has 1 aliphatic rings. The molecule has 25 heavy (non-hydrogen) atoms. The fourth-order valence-corrected chi connectivity index (χ4v) is 2.78. The first kappa shape index (κ1) is 17.4. The Hall–Kier alpha value is -2.39. The minimum atomic E-state index is -4.48. The number of aliphatic carboxylic acids is 1. The highest BCUT2D eigenvalue weighted by atomic mass is 35.5. The van der Waals surface area contributed by atoms with Gasteiger partial charge in [0.25, 0.3) is 0 Å². The van der Waals surface area contributed by atoms with Gasteiger partial charge in [-0.15, -0.1) is 0 Å². The predicted octanol–water partition coefficient (Wildman–Crippen LogP) is 5.01. The number of hydrogen-bond acceptors (Lipinski definition) is 2. The smallest absolute Gasteiger partial charge is 0.416 e. The molecule has 2 atom stereocenters. The van der Waals surface area contributed by atoms with Crippen LogP contribution in [0.25, 0.3) is 0 Å². The summed E-state index contributed by atoms with van der Waals surface area (Å²) in [7, 11) is 0. The van der Waals surface area contributed by atoms with E-state index in [0.717, 1.165) is 23.8 Å². The Kier molecular flexibility index (Phi) is 4.53. The lowest BCUT2D eigenvalue weighted by molar-refractivity contribution is -0.139. The highest BCUT2D eigenvalue weighted by Crippen LogP contribution is 2.41.